The Hall–Kier alpha value is -0.0400. The molecular formula is C11H22O. The highest BCUT2D eigenvalue weighted by Crippen LogP contribution is 2.41. The van der Waals surface area contributed by atoms with Gasteiger partial charge in [0.15, 0.2) is 0 Å². The Morgan fingerprint density at radius 3 is 2.08 bits per heavy atom. The van der Waals surface area contributed by atoms with Gasteiger partial charge in [0.2, 0.25) is 0 Å². The molecule has 1 saturated carbocycles. The van der Waals surface area contributed by atoms with Crippen LogP contribution in [0.3, 0.4) is 0 Å². The molecule has 1 aliphatic carbocycles. The normalized spacial score (nSPS) is 22.0. The summed E-state index contributed by atoms with van der Waals surface area (Å²) >= 11 is 0. The topological polar surface area (TPSA) is 9.23 Å². The van der Waals surface area contributed by atoms with E-state index < -0.39 is 0 Å². The third kappa shape index (κ3) is 2.48. The Morgan fingerprint density at radius 1 is 1.25 bits per heavy atom. The molecule has 0 saturated heterocycles. The van der Waals surface area contributed by atoms with E-state index in [-0.39, 0.29) is 5.60 Å². The van der Waals surface area contributed by atoms with Crippen molar-refractivity contribution in [3.8, 4) is 0 Å². The van der Waals surface area contributed by atoms with Crippen LogP contribution in [0.2, 0.25) is 0 Å². The van der Waals surface area contributed by atoms with Crippen molar-refractivity contribution in [2.24, 2.45) is 5.41 Å². The zero-order valence-electron chi connectivity index (χ0n) is 8.94. The zero-order chi connectivity index (χ0) is 9.24. The first-order chi connectivity index (χ1) is 5.47. The molecule has 0 bridgehead atoms. The van der Waals surface area contributed by atoms with E-state index in [0.717, 1.165) is 0 Å². The first-order valence-corrected chi connectivity index (χ1v) is 5.03. The van der Waals surface area contributed by atoms with Crippen molar-refractivity contribution in [2.45, 2.75) is 58.5 Å². The largest absolute Gasteiger partial charge is 0.378 e. The van der Waals surface area contributed by atoms with Crippen molar-refractivity contribution < 1.29 is 4.74 Å². The van der Waals surface area contributed by atoms with Gasteiger partial charge in [0.1, 0.15) is 0 Å². The second-order valence-corrected chi connectivity index (χ2v) is 5.30. The van der Waals surface area contributed by atoms with E-state index in [1.165, 1.54) is 32.1 Å². The van der Waals surface area contributed by atoms with Crippen molar-refractivity contribution in [3.05, 3.63) is 0 Å². The molecule has 0 spiro atoms. The minimum atomic E-state index is 0.271. The highest BCUT2D eigenvalue weighted by Gasteiger charge is 2.37. The molecule has 0 unspecified atom stereocenters. The highest BCUT2D eigenvalue weighted by molar-refractivity contribution is 4.90. The lowest BCUT2D eigenvalue weighted by atomic mass is 9.73. The van der Waals surface area contributed by atoms with E-state index in [1.54, 1.807) is 0 Å². The molecule has 0 aromatic rings. The highest BCUT2D eigenvalue weighted by atomic mass is 16.5. The SMILES string of the molecule is COC1(CCC(C)(C)C)CCC1. The molecule has 12 heavy (non-hydrogen) atoms. The number of hydrogen-bond donors (Lipinski definition) is 0. The van der Waals surface area contributed by atoms with Crippen molar-refractivity contribution >= 4 is 0 Å². The summed E-state index contributed by atoms with van der Waals surface area (Å²) in [4.78, 5) is 0. The van der Waals surface area contributed by atoms with E-state index in [0.29, 0.717) is 5.41 Å². The molecular weight excluding hydrogens is 148 g/mol. The Morgan fingerprint density at radius 2 is 1.83 bits per heavy atom. The summed E-state index contributed by atoms with van der Waals surface area (Å²) in [7, 11) is 1.86. The minimum absolute atomic E-state index is 0.271. The first kappa shape index (κ1) is 10.0. The fraction of sp³-hybridized carbons (Fsp3) is 1.00. The quantitative estimate of drug-likeness (QED) is 0.631. The third-order valence-corrected chi connectivity index (χ3v) is 3.03. The second kappa shape index (κ2) is 3.37. The van der Waals surface area contributed by atoms with Crippen LogP contribution >= 0.6 is 0 Å². The molecule has 0 heterocycles. The minimum Gasteiger partial charge on any atom is -0.378 e. The molecule has 1 heteroatoms. The number of methoxy groups -OCH3 is 1. The van der Waals surface area contributed by atoms with Crippen LogP contribution in [0.25, 0.3) is 0 Å². The summed E-state index contributed by atoms with van der Waals surface area (Å²) < 4.78 is 5.57. The summed E-state index contributed by atoms with van der Waals surface area (Å²) in [5.41, 5.74) is 0.731. The van der Waals surface area contributed by atoms with E-state index in [2.05, 4.69) is 20.8 Å². The van der Waals surface area contributed by atoms with Gasteiger partial charge in [0, 0.05) is 7.11 Å². The van der Waals surface area contributed by atoms with E-state index >= 15 is 0 Å². The Bertz CT molecular complexity index is 134. The van der Waals surface area contributed by atoms with Gasteiger partial charge in [-0.25, -0.2) is 0 Å². The summed E-state index contributed by atoms with van der Waals surface area (Å²) in [5.74, 6) is 0. The lowest BCUT2D eigenvalue weighted by Crippen LogP contribution is -2.39. The fourth-order valence-electron chi connectivity index (χ4n) is 1.73. The van der Waals surface area contributed by atoms with Crippen molar-refractivity contribution in [2.75, 3.05) is 7.11 Å². The fourth-order valence-corrected chi connectivity index (χ4v) is 1.73. The molecule has 0 radical (unpaired) electrons. The Kier molecular flexibility index (Phi) is 2.82. The maximum atomic E-state index is 5.57. The summed E-state index contributed by atoms with van der Waals surface area (Å²) in [6.07, 6.45) is 6.44. The van der Waals surface area contributed by atoms with Crippen LogP contribution in [-0.2, 0) is 4.74 Å². The maximum absolute atomic E-state index is 5.57. The lowest BCUT2D eigenvalue weighted by Gasteiger charge is -2.42. The Labute approximate surface area is 76.5 Å². The van der Waals surface area contributed by atoms with Crippen LogP contribution in [0.4, 0.5) is 0 Å². The van der Waals surface area contributed by atoms with Crippen LogP contribution in [-0.4, -0.2) is 12.7 Å². The van der Waals surface area contributed by atoms with Gasteiger partial charge in [-0.15, -0.1) is 0 Å². The first-order valence-electron chi connectivity index (χ1n) is 5.03. The molecule has 0 amide bonds. The number of hydrogen-bond acceptors (Lipinski definition) is 1. The van der Waals surface area contributed by atoms with Gasteiger partial charge in [0.05, 0.1) is 5.60 Å². The van der Waals surface area contributed by atoms with Gasteiger partial charge in [0.25, 0.3) is 0 Å². The predicted octanol–water partition coefficient (Wildman–Crippen LogP) is 3.38. The molecule has 1 nitrogen and oxygen atoms in total. The Balaban J connectivity index is 2.30. The maximum Gasteiger partial charge on any atom is 0.0679 e. The number of rotatable bonds is 3. The molecule has 1 aliphatic rings. The molecule has 0 atom stereocenters. The van der Waals surface area contributed by atoms with Gasteiger partial charge in [-0.2, -0.15) is 0 Å². The standard InChI is InChI=1S/C11H22O/c1-10(2,3)8-9-11(12-4)6-5-7-11/h5-9H2,1-4H3. The van der Waals surface area contributed by atoms with Crippen LogP contribution in [0, 0.1) is 5.41 Å². The summed E-state index contributed by atoms with van der Waals surface area (Å²) in [5, 5.41) is 0. The van der Waals surface area contributed by atoms with Crippen molar-refractivity contribution in [3.63, 3.8) is 0 Å². The van der Waals surface area contributed by atoms with Crippen LogP contribution in [0.5, 0.6) is 0 Å². The van der Waals surface area contributed by atoms with E-state index in [9.17, 15) is 0 Å². The lowest BCUT2D eigenvalue weighted by molar-refractivity contribution is -0.0830. The van der Waals surface area contributed by atoms with Gasteiger partial charge < -0.3 is 4.74 Å². The molecule has 0 N–H and O–H groups in total. The summed E-state index contributed by atoms with van der Waals surface area (Å²) in [6, 6.07) is 0. The molecule has 1 rings (SSSR count). The molecule has 72 valence electrons. The molecule has 0 aromatic heterocycles. The van der Waals surface area contributed by atoms with Crippen LogP contribution in [0.1, 0.15) is 52.9 Å². The summed E-state index contributed by atoms with van der Waals surface area (Å²) in [6.45, 7) is 6.90. The third-order valence-electron chi connectivity index (χ3n) is 3.03. The number of ether oxygens (including phenoxy) is 1. The predicted molar refractivity (Wildman–Crippen MR) is 52.3 cm³/mol. The van der Waals surface area contributed by atoms with Gasteiger partial charge in [-0.3, -0.25) is 0 Å². The van der Waals surface area contributed by atoms with Crippen LogP contribution in [0.15, 0.2) is 0 Å². The average molecular weight is 170 g/mol. The van der Waals surface area contributed by atoms with Gasteiger partial charge in [-0.1, -0.05) is 20.8 Å². The molecule has 0 aliphatic heterocycles. The van der Waals surface area contributed by atoms with E-state index in [4.69, 9.17) is 4.74 Å². The van der Waals surface area contributed by atoms with Crippen molar-refractivity contribution in [1.29, 1.82) is 0 Å². The average Bonchev–Trinajstić information content (AvgIpc) is 1.84. The van der Waals surface area contributed by atoms with E-state index in [1.807, 2.05) is 7.11 Å². The van der Waals surface area contributed by atoms with Crippen LogP contribution < -0.4 is 0 Å². The van der Waals surface area contributed by atoms with Crippen molar-refractivity contribution in [1.82, 2.24) is 0 Å². The molecule has 1 fully saturated rings. The molecule has 0 aromatic carbocycles. The van der Waals surface area contributed by atoms with Gasteiger partial charge in [-0.05, 0) is 37.5 Å². The van der Waals surface area contributed by atoms with Gasteiger partial charge >= 0.3 is 0 Å². The monoisotopic (exact) mass is 170 g/mol. The smallest absolute Gasteiger partial charge is 0.0679 e. The second-order valence-electron chi connectivity index (χ2n) is 5.30. The zero-order valence-corrected chi connectivity index (χ0v) is 8.94.